The number of urea groups is 1. The number of cyclic esters (lactones) is 1. The lowest BCUT2D eigenvalue weighted by molar-refractivity contribution is 0.157. The molecule has 36 heavy (non-hydrogen) atoms. The zero-order chi connectivity index (χ0) is 25.9. The number of piperidine rings is 1. The van der Waals surface area contributed by atoms with E-state index in [4.69, 9.17) is 4.74 Å². The molecule has 1 N–H and O–H groups in total. The Bertz CT molecular complexity index is 1190. The fourth-order valence-electron chi connectivity index (χ4n) is 4.67. The van der Waals surface area contributed by atoms with Crippen LogP contribution in [0.3, 0.4) is 0 Å². The highest BCUT2D eigenvalue weighted by atomic mass is 19.2. The van der Waals surface area contributed by atoms with Gasteiger partial charge in [-0.2, -0.15) is 5.26 Å². The number of nitrogens with zero attached hydrogens (tertiary/aromatic N) is 3. The molecule has 2 aliphatic rings. The molecule has 0 radical (unpaired) electrons. The molecule has 2 heterocycles. The lowest BCUT2D eigenvalue weighted by Crippen LogP contribution is -2.44. The van der Waals surface area contributed by atoms with Gasteiger partial charge in [-0.1, -0.05) is 12.1 Å². The Balaban J connectivity index is 1.27. The molecular formula is C25H24F4N4O3. The van der Waals surface area contributed by atoms with Crippen molar-refractivity contribution in [1.29, 1.82) is 5.26 Å². The monoisotopic (exact) mass is 504 g/mol. The number of likely N-dealkylation sites (tertiary alicyclic amines) is 1. The van der Waals surface area contributed by atoms with Gasteiger partial charge in [0, 0.05) is 18.2 Å². The SMILES string of the molecule is N#CC1(c2ccc(F)cc2F)CCN(CCCNC(=O)N2C(=O)OCC2c2ccc(F)c(F)c2)CC1. The van der Waals surface area contributed by atoms with E-state index in [-0.39, 0.29) is 24.3 Å². The number of nitriles is 1. The number of benzene rings is 2. The quantitative estimate of drug-likeness (QED) is 0.466. The molecule has 0 saturated carbocycles. The summed E-state index contributed by atoms with van der Waals surface area (Å²) in [5, 5.41) is 12.4. The molecule has 1 unspecified atom stereocenters. The first-order valence-corrected chi connectivity index (χ1v) is 11.5. The van der Waals surface area contributed by atoms with Crippen molar-refractivity contribution in [2.24, 2.45) is 0 Å². The van der Waals surface area contributed by atoms with E-state index in [1.54, 1.807) is 0 Å². The second-order valence-corrected chi connectivity index (χ2v) is 8.88. The number of halogens is 4. The fourth-order valence-corrected chi connectivity index (χ4v) is 4.67. The van der Waals surface area contributed by atoms with Crippen LogP contribution in [0, 0.1) is 34.6 Å². The zero-order valence-corrected chi connectivity index (χ0v) is 19.3. The summed E-state index contributed by atoms with van der Waals surface area (Å²) in [5.41, 5.74) is -0.582. The summed E-state index contributed by atoms with van der Waals surface area (Å²) in [6, 6.07) is 7.05. The first-order valence-electron chi connectivity index (χ1n) is 11.5. The number of rotatable bonds is 6. The Morgan fingerprint density at radius 2 is 1.83 bits per heavy atom. The van der Waals surface area contributed by atoms with Crippen LogP contribution in [-0.2, 0) is 10.2 Å². The third-order valence-corrected chi connectivity index (χ3v) is 6.72. The largest absolute Gasteiger partial charge is 0.446 e. The average molecular weight is 504 g/mol. The number of nitrogens with one attached hydrogen (secondary N) is 1. The maximum atomic E-state index is 14.3. The fraction of sp³-hybridized carbons (Fsp3) is 0.400. The molecule has 4 rings (SSSR count). The topological polar surface area (TPSA) is 85.7 Å². The average Bonchev–Trinajstić information content (AvgIpc) is 3.25. The second kappa shape index (κ2) is 10.5. The van der Waals surface area contributed by atoms with Gasteiger partial charge in [0.05, 0.1) is 11.5 Å². The van der Waals surface area contributed by atoms with E-state index in [2.05, 4.69) is 16.3 Å². The predicted molar refractivity (Wildman–Crippen MR) is 120 cm³/mol. The number of carbonyl (C=O) groups is 2. The van der Waals surface area contributed by atoms with Crippen LogP contribution in [0.1, 0.15) is 36.4 Å². The molecule has 3 amide bonds. The molecule has 2 aromatic rings. The van der Waals surface area contributed by atoms with E-state index in [0.29, 0.717) is 38.9 Å². The van der Waals surface area contributed by atoms with Crippen LogP contribution in [0.25, 0.3) is 0 Å². The van der Waals surface area contributed by atoms with Crippen molar-refractivity contribution in [1.82, 2.24) is 15.1 Å². The molecule has 0 aliphatic carbocycles. The molecule has 2 saturated heterocycles. The van der Waals surface area contributed by atoms with E-state index < -0.39 is 46.9 Å². The first-order chi connectivity index (χ1) is 17.2. The highest BCUT2D eigenvalue weighted by Gasteiger charge is 2.40. The number of amides is 3. The van der Waals surface area contributed by atoms with Gasteiger partial charge < -0.3 is 15.0 Å². The van der Waals surface area contributed by atoms with E-state index in [1.807, 2.05) is 0 Å². The molecule has 2 aromatic carbocycles. The highest BCUT2D eigenvalue weighted by molar-refractivity contribution is 5.92. The maximum Gasteiger partial charge on any atom is 0.418 e. The molecular weight excluding hydrogens is 480 g/mol. The summed E-state index contributed by atoms with van der Waals surface area (Å²) in [5.74, 6) is -3.54. The Morgan fingerprint density at radius 1 is 1.08 bits per heavy atom. The van der Waals surface area contributed by atoms with Crippen molar-refractivity contribution in [2.45, 2.75) is 30.7 Å². The van der Waals surface area contributed by atoms with Gasteiger partial charge in [-0.3, -0.25) is 0 Å². The van der Waals surface area contributed by atoms with Gasteiger partial charge >= 0.3 is 12.1 Å². The van der Waals surface area contributed by atoms with Crippen molar-refractivity contribution in [3.05, 3.63) is 70.8 Å². The minimum atomic E-state index is -1.09. The van der Waals surface area contributed by atoms with Gasteiger partial charge in [0.1, 0.15) is 24.3 Å². The molecule has 2 aliphatic heterocycles. The molecule has 190 valence electrons. The molecule has 7 nitrogen and oxygen atoms in total. The second-order valence-electron chi connectivity index (χ2n) is 8.88. The smallest absolute Gasteiger partial charge is 0.418 e. The van der Waals surface area contributed by atoms with E-state index in [9.17, 15) is 32.4 Å². The minimum Gasteiger partial charge on any atom is -0.446 e. The molecule has 0 bridgehead atoms. The molecule has 0 aromatic heterocycles. The number of hydrogen-bond donors (Lipinski definition) is 1. The van der Waals surface area contributed by atoms with Crippen LogP contribution < -0.4 is 5.32 Å². The predicted octanol–water partition coefficient (Wildman–Crippen LogP) is 4.39. The summed E-state index contributed by atoms with van der Waals surface area (Å²) in [6.45, 7) is 1.70. The van der Waals surface area contributed by atoms with Gasteiger partial charge in [0.15, 0.2) is 11.6 Å². The standard InChI is InChI=1S/C25H24F4N4O3/c26-17-3-4-18(20(28)13-17)25(15-30)6-10-32(11-7-25)9-1-8-31-23(34)33-22(14-36-24(33)35)16-2-5-19(27)21(29)12-16/h2-5,12-13,22H,1,6-11,14H2,(H,31,34). The van der Waals surface area contributed by atoms with E-state index >= 15 is 0 Å². The summed E-state index contributed by atoms with van der Waals surface area (Å²) in [4.78, 5) is 27.6. The lowest BCUT2D eigenvalue weighted by Gasteiger charge is -2.37. The van der Waals surface area contributed by atoms with Crippen LogP contribution in [0.5, 0.6) is 0 Å². The Labute approximate surface area is 205 Å². The lowest BCUT2D eigenvalue weighted by atomic mass is 9.73. The number of hydrogen-bond acceptors (Lipinski definition) is 5. The van der Waals surface area contributed by atoms with Crippen molar-refractivity contribution in [2.75, 3.05) is 32.8 Å². The Hall–Kier alpha value is -3.65. The Morgan fingerprint density at radius 3 is 2.50 bits per heavy atom. The highest BCUT2D eigenvalue weighted by Crippen LogP contribution is 2.36. The summed E-state index contributed by atoms with van der Waals surface area (Å²) >= 11 is 0. The van der Waals surface area contributed by atoms with Crippen LogP contribution in [0.4, 0.5) is 27.2 Å². The summed E-state index contributed by atoms with van der Waals surface area (Å²) in [7, 11) is 0. The van der Waals surface area contributed by atoms with Gasteiger partial charge in [-0.25, -0.2) is 32.1 Å². The van der Waals surface area contributed by atoms with Gasteiger partial charge in [-0.15, -0.1) is 0 Å². The third kappa shape index (κ3) is 5.14. The number of imide groups is 1. The normalized spacial score (nSPS) is 19.6. The molecule has 1 atom stereocenters. The van der Waals surface area contributed by atoms with Gasteiger partial charge in [0.2, 0.25) is 0 Å². The number of ether oxygens (including phenoxy) is 1. The van der Waals surface area contributed by atoms with Crippen LogP contribution >= 0.6 is 0 Å². The van der Waals surface area contributed by atoms with Crippen molar-refractivity contribution in [3.8, 4) is 6.07 Å². The molecule has 11 heteroatoms. The maximum absolute atomic E-state index is 14.3. The van der Waals surface area contributed by atoms with Crippen LogP contribution in [-0.4, -0.2) is 54.7 Å². The van der Waals surface area contributed by atoms with E-state index in [1.165, 1.54) is 12.1 Å². The Kier molecular flexibility index (Phi) is 7.45. The van der Waals surface area contributed by atoms with Gasteiger partial charge in [-0.05, 0) is 62.7 Å². The van der Waals surface area contributed by atoms with E-state index in [0.717, 1.165) is 29.2 Å². The molecule has 2 fully saturated rings. The minimum absolute atomic E-state index is 0.166. The van der Waals surface area contributed by atoms with Crippen LogP contribution in [0.2, 0.25) is 0 Å². The summed E-state index contributed by atoms with van der Waals surface area (Å²) < 4.78 is 59.4. The van der Waals surface area contributed by atoms with Crippen molar-refractivity contribution >= 4 is 12.1 Å². The third-order valence-electron chi connectivity index (χ3n) is 6.72. The van der Waals surface area contributed by atoms with Crippen LogP contribution in [0.15, 0.2) is 36.4 Å². The molecule has 0 spiro atoms. The first kappa shape index (κ1) is 25.4. The van der Waals surface area contributed by atoms with Crippen molar-refractivity contribution in [3.63, 3.8) is 0 Å². The van der Waals surface area contributed by atoms with Crippen molar-refractivity contribution < 1.29 is 31.9 Å². The summed E-state index contributed by atoms with van der Waals surface area (Å²) in [6.07, 6.45) is 0.427. The van der Waals surface area contributed by atoms with Gasteiger partial charge in [0.25, 0.3) is 0 Å². The number of carbonyl (C=O) groups excluding carboxylic acids is 2. The zero-order valence-electron chi connectivity index (χ0n) is 19.3.